The van der Waals surface area contributed by atoms with Gasteiger partial charge in [0.15, 0.2) is 0 Å². The smallest absolute Gasteiger partial charge is 0.294 e. The van der Waals surface area contributed by atoms with Crippen molar-refractivity contribution in [1.82, 2.24) is 4.90 Å². The first-order valence-corrected chi connectivity index (χ1v) is 9.62. The molecule has 0 spiro atoms. The van der Waals surface area contributed by atoms with E-state index in [2.05, 4.69) is 5.32 Å². The first-order valence-electron chi connectivity index (χ1n) is 8.81. The second-order valence-electron chi connectivity index (χ2n) is 6.18. The highest BCUT2D eigenvalue weighted by Gasteiger charge is 2.36. The number of ether oxygens (including phenoxy) is 1. The fourth-order valence-electron chi connectivity index (χ4n) is 2.60. The van der Waals surface area contributed by atoms with Gasteiger partial charge in [-0.2, -0.15) is 0 Å². The molecule has 1 saturated heterocycles. The van der Waals surface area contributed by atoms with Crippen LogP contribution in [0.3, 0.4) is 0 Å². The number of anilines is 1. The summed E-state index contributed by atoms with van der Waals surface area (Å²) in [4.78, 5) is 38.2. The molecule has 0 aliphatic carbocycles. The van der Waals surface area contributed by atoms with E-state index in [1.165, 1.54) is 0 Å². The van der Waals surface area contributed by atoms with Crippen molar-refractivity contribution >= 4 is 40.6 Å². The van der Waals surface area contributed by atoms with Gasteiger partial charge >= 0.3 is 0 Å². The molecule has 3 rings (SSSR count). The predicted molar refractivity (Wildman–Crippen MR) is 110 cm³/mol. The number of amides is 3. The first kappa shape index (κ1) is 19.7. The lowest BCUT2D eigenvalue weighted by Crippen LogP contribution is -2.36. The van der Waals surface area contributed by atoms with E-state index in [1.54, 1.807) is 30.3 Å². The van der Waals surface area contributed by atoms with Crippen LogP contribution in [-0.2, 0) is 9.59 Å². The minimum Gasteiger partial charge on any atom is -0.494 e. The summed E-state index contributed by atoms with van der Waals surface area (Å²) in [7, 11) is 0. The van der Waals surface area contributed by atoms with Gasteiger partial charge in [0, 0.05) is 5.69 Å². The number of rotatable bonds is 6. The Bertz CT molecular complexity index is 920. The highest BCUT2D eigenvalue weighted by atomic mass is 32.2. The van der Waals surface area contributed by atoms with Crippen molar-refractivity contribution in [3.63, 3.8) is 0 Å². The highest BCUT2D eigenvalue weighted by Crippen LogP contribution is 2.32. The van der Waals surface area contributed by atoms with E-state index < -0.39 is 17.1 Å². The monoisotopic (exact) mass is 396 g/mol. The van der Waals surface area contributed by atoms with Crippen LogP contribution in [0.25, 0.3) is 6.08 Å². The molecule has 0 unspecified atom stereocenters. The van der Waals surface area contributed by atoms with Crippen LogP contribution in [0.1, 0.15) is 18.1 Å². The average Bonchev–Trinajstić information content (AvgIpc) is 2.93. The van der Waals surface area contributed by atoms with E-state index in [4.69, 9.17) is 4.74 Å². The van der Waals surface area contributed by atoms with Gasteiger partial charge in [-0.1, -0.05) is 29.8 Å². The van der Waals surface area contributed by atoms with Crippen LogP contribution in [0.4, 0.5) is 10.5 Å². The van der Waals surface area contributed by atoms with Crippen molar-refractivity contribution in [3.8, 4) is 5.75 Å². The number of aryl methyl sites for hydroxylation is 1. The molecule has 1 aliphatic heterocycles. The first-order chi connectivity index (χ1) is 13.5. The van der Waals surface area contributed by atoms with Gasteiger partial charge in [-0.05, 0) is 61.5 Å². The molecule has 0 atom stereocenters. The predicted octanol–water partition coefficient (Wildman–Crippen LogP) is 4.07. The Morgan fingerprint density at radius 3 is 2.43 bits per heavy atom. The van der Waals surface area contributed by atoms with Crippen LogP contribution in [0.5, 0.6) is 5.75 Å². The average molecular weight is 396 g/mol. The van der Waals surface area contributed by atoms with Crippen LogP contribution in [-0.4, -0.2) is 35.1 Å². The van der Waals surface area contributed by atoms with Crippen molar-refractivity contribution in [2.45, 2.75) is 13.8 Å². The molecule has 0 bridgehead atoms. The van der Waals surface area contributed by atoms with E-state index >= 15 is 0 Å². The van der Waals surface area contributed by atoms with Crippen LogP contribution >= 0.6 is 11.8 Å². The fraction of sp³-hybridized carbons (Fsp3) is 0.190. The quantitative estimate of drug-likeness (QED) is 0.745. The van der Waals surface area contributed by atoms with Crippen LogP contribution in [0, 0.1) is 6.92 Å². The Balaban J connectivity index is 1.63. The number of carbonyl (C=O) groups excluding carboxylic acids is 3. The summed E-state index contributed by atoms with van der Waals surface area (Å²) in [6.07, 6.45) is 1.66. The lowest BCUT2D eigenvalue weighted by Gasteiger charge is -2.12. The van der Waals surface area contributed by atoms with Crippen LogP contribution in [0.15, 0.2) is 53.4 Å². The van der Waals surface area contributed by atoms with Gasteiger partial charge in [0.05, 0.1) is 11.5 Å². The second kappa shape index (κ2) is 8.75. The largest absolute Gasteiger partial charge is 0.494 e. The third kappa shape index (κ3) is 4.80. The van der Waals surface area contributed by atoms with E-state index in [9.17, 15) is 14.4 Å². The number of hydrogen-bond donors (Lipinski definition) is 1. The van der Waals surface area contributed by atoms with Crippen molar-refractivity contribution in [2.75, 3.05) is 18.5 Å². The highest BCUT2D eigenvalue weighted by molar-refractivity contribution is 8.18. The molecular formula is C21H20N2O4S. The third-order valence-corrected chi connectivity index (χ3v) is 4.91. The zero-order chi connectivity index (χ0) is 20.1. The van der Waals surface area contributed by atoms with Crippen LogP contribution in [0.2, 0.25) is 0 Å². The van der Waals surface area contributed by atoms with E-state index in [-0.39, 0.29) is 6.54 Å². The zero-order valence-electron chi connectivity index (χ0n) is 15.6. The maximum atomic E-state index is 12.5. The molecule has 1 fully saturated rings. The van der Waals surface area contributed by atoms with Gasteiger partial charge in [0.25, 0.3) is 11.1 Å². The summed E-state index contributed by atoms with van der Waals surface area (Å²) in [5, 5.41) is 2.23. The third-order valence-electron chi connectivity index (χ3n) is 4.00. The molecule has 0 aromatic heterocycles. The van der Waals surface area contributed by atoms with Crippen molar-refractivity contribution < 1.29 is 19.1 Å². The molecule has 2 aromatic rings. The van der Waals surface area contributed by atoms with Crippen molar-refractivity contribution in [2.24, 2.45) is 0 Å². The van der Waals surface area contributed by atoms with Gasteiger partial charge in [-0.15, -0.1) is 0 Å². The Kier molecular flexibility index (Phi) is 6.16. The molecule has 1 heterocycles. The molecule has 28 heavy (non-hydrogen) atoms. The summed E-state index contributed by atoms with van der Waals surface area (Å²) in [5.74, 6) is -0.201. The number of hydrogen-bond acceptors (Lipinski definition) is 5. The minimum atomic E-state index is -0.461. The second-order valence-corrected chi connectivity index (χ2v) is 7.18. The Morgan fingerprint density at radius 1 is 1.11 bits per heavy atom. The maximum Gasteiger partial charge on any atom is 0.294 e. The Labute approximate surface area is 167 Å². The van der Waals surface area contributed by atoms with Gasteiger partial charge in [0.2, 0.25) is 5.91 Å². The molecule has 0 radical (unpaired) electrons. The number of thioether (sulfide) groups is 1. The SMILES string of the molecule is CCOc1ccc(NC(=O)CN2C(=O)S/C(=C\c3ccc(C)cc3)C2=O)cc1. The standard InChI is InChI=1S/C21H20N2O4S/c1-3-27-17-10-8-16(9-11-17)22-19(24)13-23-20(25)18(28-21(23)26)12-15-6-4-14(2)5-7-15/h4-12H,3,13H2,1-2H3,(H,22,24)/b18-12-. The normalized spacial score (nSPS) is 15.2. The molecule has 2 aromatic carbocycles. The minimum absolute atomic E-state index is 0.308. The number of nitrogens with one attached hydrogen (secondary N) is 1. The van der Waals surface area contributed by atoms with Crippen molar-refractivity contribution in [1.29, 1.82) is 0 Å². The maximum absolute atomic E-state index is 12.5. The molecule has 7 heteroatoms. The summed E-state index contributed by atoms with van der Waals surface area (Å²) < 4.78 is 5.35. The van der Waals surface area contributed by atoms with Gasteiger partial charge < -0.3 is 10.1 Å². The molecule has 0 saturated carbocycles. The fourth-order valence-corrected chi connectivity index (χ4v) is 3.43. The lowest BCUT2D eigenvalue weighted by atomic mass is 10.1. The topological polar surface area (TPSA) is 75.7 Å². The zero-order valence-corrected chi connectivity index (χ0v) is 16.4. The number of nitrogens with zero attached hydrogens (tertiary/aromatic N) is 1. The number of carbonyl (C=O) groups is 3. The van der Waals surface area contributed by atoms with E-state index in [0.717, 1.165) is 27.8 Å². The van der Waals surface area contributed by atoms with E-state index in [0.29, 0.717) is 22.9 Å². The Hall–Kier alpha value is -3.06. The summed E-state index contributed by atoms with van der Waals surface area (Å²) in [5.41, 5.74) is 2.50. The molecule has 6 nitrogen and oxygen atoms in total. The summed E-state index contributed by atoms with van der Waals surface area (Å²) in [6, 6.07) is 14.5. The van der Waals surface area contributed by atoms with Crippen molar-refractivity contribution in [3.05, 3.63) is 64.6 Å². The molecule has 1 N–H and O–H groups in total. The molecule has 144 valence electrons. The number of benzene rings is 2. The summed E-state index contributed by atoms with van der Waals surface area (Å²) in [6.45, 7) is 4.09. The van der Waals surface area contributed by atoms with Crippen LogP contribution < -0.4 is 10.1 Å². The lowest BCUT2D eigenvalue weighted by molar-refractivity contribution is -0.127. The molecule has 3 amide bonds. The van der Waals surface area contributed by atoms with Gasteiger partial charge in [0.1, 0.15) is 12.3 Å². The Morgan fingerprint density at radius 2 is 1.79 bits per heavy atom. The van der Waals surface area contributed by atoms with E-state index in [1.807, 2.05) is 38.1 Å². The molecule has 1 aliphatic rings. The molecular weight excluding hydrogens is 376 g/mol. The van der Waals surface area contributed by atoms with Gasteiger partial charge in [-0.25, -0.2) is 0 Å². The summed E-state index contributed by atoms with van der Waals surface area (Å²) >= 11 is 0.839. The number of imide groups is 1. The van der Waals surface area contributed by atoms with Gasteiger partial charge in [-0.3, -0.25) is 19.3 Å².